The molecule has 22 heavy (non-hydrogen) atoms. The van der Waals surface area contributed by atoms with Gasteiger partial charge in [0.25, 0.3) is 5.91 Å². The second kappa shape index (κ2) is 9.09. The fourth-order valence-electron chi connectivity index (χ4n) is 1.85. The number of hydrogen-bond donors (Lipinski definition) is 1. The lowest BCUT2D eigenvalue weighted by atomic mass is 10.2. The van der Waals surface area contributed by atoms with Crippen LogP contribution in [0.3, 0.4) is 0 Å². The molecule has 8 heteroatoms. The van der Waals surface area contributed by atoms with Gasteiger partial charge in [0, 0.05) is 43.9 Å². The maximum atomic E-state index is 11.9. The van der Waals surface area contributed by atoms with Crippen molar-refractivity contribution in [3.8, 4) is 0 Å². The van der Waals surface area contributed by atoms with Crippen molar-refractivity contribution < 1.29 is 17.9 Å². The first kappa shape index (κ1) is 18.9. The Morgan fingerprint density at radius 1 is 1.36 bits per heavy atom. The predicted molar refractivity (Wildman–Crippen MR) is 86.7 cm³/mol. The Hall–Kier alpha value is -1.15. The topological polar surface area (TPSA) is 75.7 Å². The van der Waals surface area contributed by atoms with Crippen LogP contribution in [0.15, 0.2) is 24.3 Å². The van der Waals surface area contributed by atoms with E-state index in [-0.39, 0.29) is 19.0 Å². The maximum absolute atomic E-state index is 11.9. The van der Waals surface area contributed by atoms with E-state index in [9.17, 15) is 13.2 Å². The number of rotatable bonds is 9. The van der Waals surface area contributed by atoms with Gasteiger partial charge < -0.3 is 10.1 Å². The molecule has 1 aromatic rings. The van der Waals surface area contributed by atoms with Gasteiger partial charge in [-0.2, -0.15) is 0 Å². The molecule has 0 saturated carbocycles. The molecule has 0 unspecified atom stereocenters. The summed E-state index contributed by atoms with van der Waals surface area (Å²) in [6, 6.07) is 6.57. The summed E-state index contributed by atoms with van der Waals surface area (Å²) in [7, 11) is -1.74. The summed E-state index contributed by atoms with van der Waals surface area (Å²) in [6.45, 7) is 1.29. The summed E-state index contributed by atoms with van der Waals surface area (Å²) in [5, 5.41) is 3.16. The van der Waals surface area contributed by atoms with Crippen LogP contribution in [0.5, 0.6) is 0 Å². The molecule has 124 valence electrons. The van der Waals surface area contributed by atoms with E-state index in [0.29, 0.717) is 30.2 Å². The van der Waals surface area contributed by atoms with Crippen LogP contribution in [0.25, 0.3) is 0 Å². The summed E-state index contributed by atoms with van der Waals surface area (Å²) in [6.07, 6.45) is 1.75. The van der Waals surface area contributed by atoms with Crippen molar-refractivity contribution in [3.05, 3.63) is 34.9 Å². The minimum absolute atomic E-state index is 0.217. The van der Waals surface area contributed by atoms with Crippen molar-refractivity contribution in [2.45, 2.75) is 6.42 Å². The number of sulfonamides is 1. The Bertz CT molecular complexity index is 592. The predicted octanol–water partition coefficient (Wildman–Crippen LogP) is 1.37. The van der Waals surface area contributed by atoms with Gasteiger partial charge in [0.15, 0.2) is 0 Å². The number of amides is 1. The van der Waals surface area contributed by atoms with Crippen molar-refractivity contribution in [2.24, 2.45) is 0 Å². The summed E-state index contributed by atoms with van der Waals surface area (Å²) in [4.78, 5) is 11.9. The molecule has 1 rings (SSSR count). The lowest BCUT2D eigenvalue weighted by Gasteiger charge is -2.20. The fraction of sp³-hybridized carbons (Fsp3) is 0.500. The Morgan fingerprint density at radius 2 is 2.09 bits per heavy atom. The van der Waals surface area contributed by atoms with E-state index in [1.807, 2.05) is 0 Å². The van der Waals surface area contributed by atoms with Gasteiger partial charge in [-0.3, -0.25) is 4.79 Å². The van der Waals surface area contributed by atoms with Gasteiger partial charge in [-0.25, -0.2) is 12.7 Å². The van der Waals surface area contributed by atoms with Gasteiger partial charge in [-0.05, 0) is 24.6 Å². The molecule has 0 atom stereocenters. The van der Waals surface area contributed by atoms with E-state index < -0.39 is 10.0 Å². The van der Waals surface area contributed by atoms with E-state index in [1.54, 1.807) is 31.4 Å². The van der Waals surface area contributed by atoms with E-state index in [1.165, 1.54) is 4.31 Å². The van der Waals surface area contributed by atoms with Crippen LogP contribution in [0.2, 0.25) is 5.02 Å². The number of nitrogens with one attached hydrogen (secondary N) is 1. The smallest absolute Gasteiger partial charge is 0.251 e. The molecule has 1 N–H and O–H groups in total. The third kappa shape index (κ3) is 6.74. The van der Waals surface area contributed by atoms with Crippen LogP contribution in [0.1, 0.15) is 16.8 Å². The van der Waals surface area contributed by atoms with Crippen molar-refractivity contribution in [1.82, 2.24) is 9.62 Å². The van der Waals surface area contributed by atoms with Gasteiger partial charge in [-0.1, -0.05) is 17.7 Å². The summed E-state index contributed by atoms with van der Waals surface area (Å²) >= 11 is 5.82. The van der Waals surface area contributed by atoms with Crippen LogP contribution in [-0.4, -0.2) is 58.2 Å². The number of hydrogen-bond acceptors (Lipinski definition) is 4. The van der Waals surface area contributed by atoms with Crippen molar-refractivity contribution in [3.63, 3.8) is 0 Å². The molecule has 0 bridgehead atoms. The number of benzene rings is 1. The highest BCUT2D eigenvalue weighted by molar-refractivity contribution is 7.88. The second-order valence-electron chi connectivity index (χ2n) is 4.77. The maximum Gasteiger partial charge on any atom is 0.251 e. The van der Waals surface area contributed by atoms with Crippen molar-refractivity contribution >= 4 is 27.5 Å². The molecule has 0 aliphatic heterocycles. The third-order valence-corrected chi connectivity index (χ3v) is 4.50. The standard InChI is InChI=1S/C14H21ClN2O4S/c1-21-10-4-8-17(22(2,19)20)9-7-16-14(18)12-5-3-6-13(15)11-12/h3,5-6,11H,4,7-10H2,1-2H3,(H,16,18). The monoisotopic (exact) mass is 348 g/mol. The summed E-state index contributed by atoms with van der Waals surface area (Å²) in [5.74, 6) is -0.284. The Kier molecular flexibility index (Phi) is 7.81. The minimum atomic E-state index is -3.31. The van der Waals surface area contributed by atoms with Gasteiger partial charge >= 0.3 is 0 Å². The first-order valence-electron chi connectivity index (χ1n) is 6.82. The van der Waals surface area contributed by atoms with Crippen LogP contribution in [0.4, 0.5) is 0 Å². The zero-order chi connectivity index (χ0) is 16.6. The highest BCUT2D eigenvalue weighted by Gasteiger charge is 2.16. The Morgan fingerprint density at radius 3 is 2.68 bits per heavy atom. The summed E-state index contributed by atoms with van der Waals surface area (Å²) in [5.41, 5.74) is 0.442. The number of ether oxygens (including phenoxy) is 1. The zero-order valence-electron chi connectivity index (χ0n) is 12.7. The number of halogens is 1. The highest BCUT2D eigenvalue weighted by atomic mass is 35.5. The Labute approximate surface area is 136 Å². The molecule has 0 fully saturated rings. The normalized spacial score (nSPS) is 11.6. The van der Waals surface area contributed by atoms with Crippen LogP contribution in [0, 0.1) is 0 Å². The number of carbonyl (C=O) groups excluding carboxylic acids is 1. The molecule has 0 radical (unpaired) electrons. The van der Waals surface area contributed by atoms with Crippen LogP contribution < -0.4 is 5.32 Å². The molecular formula is C14H21ClN2O4S. The molecule has 1 amide bonds. The van der Waals surface area contributed by atoms with Gasteiger partial charge in [0.1, 0.15) is 0 Å². The number of methoxy groups -OCH3 is 1. The quantitative estimate of drug-likeness (QED) is 0.684. The van der Waals surface area contributed by atoms with Crippen LogP contribution in [-0.2, 0) is 14.8 Å². The average molecular weight is 349 g/mol. The molecule has 0 saturated heterocycles. The first-order valence-corrected chi connectivity index (χ1v) is 9.05. The molecular weight excluding hydrogens is 328 g/mol. The second-order valence-corrected chi connectivity index (χ2v) is 7.19. The SMILES string of the molecule is COCCCN(CCNC(=O)c1cccc(Cl)c1)S(C)(=O)=O. The molecule has 1 aromatic carbocycles. The van der Waals surface area contributed by atoms with Gasteiger partial charge in [-0.15, -0.1) is 0 Å². The van der Waals surface area contributed by atoms with Crippen LogP contribution >= 0.6 is 11.6 Å². The lowest BCUT2D eigenvalue weighted by molar-refractivity contribution is 0.0951. The fourth-order valence-corrected chi connectivity index (χ4v) is 2.93. The summed E-state index contributed by atoms with van der Waals surface area (Å²) < 4.78 is 29.6. The molecule has 0 aliphatic rings. The lowest BCUT2D eigenvalue weighted by Crippen LogP contribution is -2.38. The molecule has 0 aromatic heterocycles. The van der Waals surface area contributed by atoms with Gasteiger partial charge in [0.2, 0.25) is 10.0 Å². The third-order valence-electron chi connectivity index (χ3n) is 2.96. The van der Waals surface area contributed by atoms with Gasteiger partial charge in [0.05, 0.1) is 6.26 Å². The molecule has 0 aliphatic carbocycles. The van der Waals surface area contributed by atoms with E-state index in [2.05, 4.69) is 5.32 Å². The molecule has 0 heterocycles. The van der Waals surface area contributed by atoms with Crippen molar-refractivity contribution in [2.75, 3.05) is 39.6 Å². The minimum Gasteiger partial charge on any atom is -0.385 e. The molecule has 6 nitrogen and oxygen atoms in total. The largest absolute Gasteiger partial charge is 0.385 e. The number of nitrogens with zero attached hydrogens (tertiary/aromatic N) is 1. The first-order chi connectivity index (χ1) is 10.3. The van der Waals surface area contributed by atoms with E-state index in [0.717, 1.165) is 6.26 Å². The Balaban J connectivity index is 2.50. The molecule has 0 spiro atoms. The zero-order valence-corrected chi connectivity index (χ0v) is 14.3. The van der Waals surface area contributed by atoms with E-state index in [4.69, 9.17) is 16.3 Å². The highest BCUT2D eigenvalue weighted by Crippen LogP contribution is 2.10. The average Bonchev–Trinajstić information content (AvgIpc) is 2.44. The van der Waals surface area contributed by atoms with Crippen molar-refractivity contribution in [1.29, 1.82) is 0 Å². The van der Waals surface area contributed by atoms with E-state index >= 15 is 0 Å². The number of carbonyl (C=O) groups is 1.